The minimum absolute atomic E-state index is 0.236. The van der Waals surface area contributed by atoms with Crippen LogP contribution in [0.25, 0.3) is 0 Å². The first-order valence-corrected chi connectivity index (χ1v) is 5.88. The van der Waals surface area contributed by atoms with Crippen LogP contribution in [0.4, 0.5) is 0 Å². The Morgan fingerprint density at radius 2 is 1.62 bits per heavy atom. The van der Waals surface area contributed by atoms with Crippen molar-refractivity contribution < 1.29 is 0 Å². The molecule has 0 N–H and O–H groups in total. The van der Waals surface area contributed by atoms with Gasteiger partial charge in [0, 0.05) is 0 Å². The summed E-state index contributed by atoms with van der Waals surface area (Å²) in [6.45, 7) is 6.92. The minimum atomic E-state index is -0.236. The molecule has 0 saturated heterocycles. The maximum atomic E-state index is 2.40. The van der Waals surface area contributed by atoms with Crippen LogP contribution >= 0.6 is 10.0 Å². The van der Waals surface area contributed by atoms with Gasteiger partial charge < -0.3 is 0 Å². The van der Waals surface area contributed by atoms with Crippen LogP contribution in [0.15, 0.2) is 0 Å². The molecule has 0 nitrogen and oxygen atoms in total. The fraction of sp³-hybridized carbons (Fsp3) is 1.00. The first kappa shape index (κ1) is 8.35. The number of rotatable bonds is 2. The molecular weight excluding hydrogens is 116 g/mol. The third kappa shape index (κ3) is 2.08. The Bertz CT molecular complexity index is 64.8. The van der Waals surface area contributed by atoms with Crippen molar-refractivity contribution in [2.75, 3.05) is 18.3 Å². The summed E-state index contributed by atoms with van der Waals surface area (Å²) in [4.78, 5) is 0. The summed E-state index contributed by atoms with van der Waals surface area (Å²) in [7, 11) is -0.236. The van der Waals surface area contributed by atoms with Gasteiger partial charge in [-0.3, -0.25) is 0 Å². The molecule has 0 aromatic carbocycles. The van der Waals surface area contributed by atoms with E-state index >= 15 is 0 Å². The quantitative estimate of drug-likeness (QED) is 0.544. The second kappa shape index (κ2) is 2.77. The van der Waals surface area contributed by atoms with Crippen LogP contribution in [0, 0.1) is 0 Å². The van der Waals surface area contributed by atoms with Gasteiger partial charge in [-0.2, -0.15) is 0 Å². The molecule has 0 radical (unpaired) electrons. The summed E-state index contributed by atoms with van der Waals surface area (Å²) in [5.74, 6) is 1.37. The fourth-order valence-electron chi connectivity index (χ4n) is 0.333. The van der Waals surface area contributed by atoms with Crippen LogP contribution in [0.5, 0.6) is 0 Å². The maximum absolute atomic E-state index is 2.40. The Kier molecular flexibility index (Phi) is 2.89. The monoisotopic (exact) mass is 134 g/mol. The predicted octanol–water partition coefficient (Wildman–Crippen LogP) is 2.48. The molecule has 8 heavy (non-hydrogen) atoms. The zero-order valence-corrected chi connectivity index (χ0v) is 7.51. The highest BCUT2D eigenvalue weighted by molar-refractivity contribution is 8.33. The SMILES string of the molecule is CCS(C)(C)C(C)C. The first-order valence-electron chi connectivity index (χ1n) is 3.20. The van der Waals surface area contributed by atoms with Crippen LogP contribution in [-0.4, -0.2) is 23.5 Å². The Morgan fingerprint density at radius 1 is 1.25 bits per heavy atom. The first-order chi connectivity index (χ1) is 3.50. The lowest BCUT2D eigenvalue weighted by Gasteiger charge is -2.34. The molecule has 0 rings (SSSR count). The normalized spacial score (nSPS) is 14.8. The van der Waals surface area contributed by atoms with Crippen molar-refractivity contribution >= 4 is 10.0 Å². The van der Waals surface area contributed by atoms with Gasteiger partial charge in [-0.05, 0) is 23.5 Å². The Morgan fingerprint density at radius 3 is 1.62 bits per heavy atom. The van der Waals surface area contributed by atoms with Gasteiger partial charge in [-0.1, -0.05) is 20.8 Å². The van der Waals surface area contributed by atoms with E-state index in [1.165, 1.54) is 5.75 Å². The number of hydrogen-bond acceptors (Lipinski definition) is 0. The zero-order chi connectivity index (χ0) is 6.78. The van der Waals surface area contributed by atoms with Crippen molar-refractivity contribution in [1.29, 1.82) is 0 Å². The fourth-order valence-corrected chi connectivity index (χ4v) is 1.00. The highest BCUT2D eigenvalue weighted by atomic mass is 32.3. The van der Waals surface area contributed by atoms with Gasteiger partial charge in [0.2, 0.25) is 0 Å². The Hall–Kier alpha value is 0.350. The molecule has 0 aliphatic rings. The molecule has 0 aromatic heterocycles. The lowest BCUT2D eigenvalue weighted by molar-refractivity contribution is 1.09. The summed E-state index contributed by atoms with van der Waals surface area (Å²) in [6.07, 6.45) is 4.80. The summed E-state index contributed by atoms with van der Waals surface area (Å²) in [5, 5.41) is 0.896. The molecule has 0 unspecified atom stereocenters. The topological polar surface area (TPSA) is 0 Å². The van der Waals surface area contributed by atoms with Crippen LogP contribution in [0.3, 0.4) is 0 Å². The van der Waals surface area contributed by atoms with Gasteiger partial charge in [0.15, 0.2) is 0 Å². The summed E-state index contributed by atoms with van der Waals surface area (Å²) >= 11 is 0. The average molecular weight is 134 g/mol. The highest BCUT2D eigenvalue weighted by Gasteiger charge is 2.12. The van der Waals surface area contributed by atoms with Gasteiger partial charge in [-0.15, -0.1) is 0 Å². The molecular formula is C7H18S. The smallest absolute Gasteiger partial charge is 0.0174 e. The van der Waals surface area contributed by atoms with Crippen LogP contribution < -0.4 is 0 Å². The average Bonchev–Trinajstić information content (AvgIpc) is 1.67. The van der Waals surface area contributed by atoms with E-state index in [9.17, 15) is 0 Å². The molecule has 0 spiro atoms. The van der Waals surface area contributed by atoms with E-state index in [0.29, 0.717) is 0 Å². The van der Waals surface area contributed by atoms with Gasteiger partial charge >= 0.3 is 0 Å². The predicted molar refractivity (Wildman–Crippen MR) is 45.1 cm³/mol. The lowest BCUT2D eigenvalue weighted by Crippen LogP contribution is -2.10. The van der Waals surface area contributed by atoms with Crippen LogP contribution in [0.2, 0.25) is 0 Å². The summed E-state index contributed by atoms with van der Waals surface area (Å²) in [5.41, 5.74) is 0. The summed E-state index contributed by atoms with van der Waals surface area (Å²) < 4.78 is 0. The van der Waals surface area contributed by atoms with Crippen LogP contribution in [0.1, 0.15) is 20.8 Å². The molecule has 0 aliphatic heterocycles. The number of hydrogen-bond donors (Lipinski definition) is 0. The van der Waals surface area contributed by atoms with Crippen molar-refractivity contribution in [3.05, 3.63) is 0 Å². The molecule has 52 valence electrons. The van der Waals surface area contributed by atoms with Gasteiger partial charge in [0.25, 0.3) is 0 Å². The highest BCUT2D eigenvalue weighted by Crippen LogP contribution is 2.43. The molecule has 0 saturated carbocycles. The van der Waals surface area contributed by atoms with E-state index in [0.717, 1.165) is 5.25 Å². The van der Waals surface area contributed by atoms with Gasteiger partial charge in [0.1, 0.15) is 0 Å². The van der Waals surface area contributed by atoms with E-state index in [4.69, 9.17) is 0 Å². The van der Waals surface area contributed by atoms with Crippen molar-refractivity contribution in [3.8, 4) is 0 Å². The standard InChI is InChI=1S/C7H18S/c1-6-8(4,5)7(2)3/h7H,6H2,1-5H3. The van der Waals surface area contributed by atoms with Crippen LogP contribution in [-0.2, 0) is 0 Å². The van der Waals surface area contributed by atoms with E-state index in [1.54, 1.807) is 0 Å². The molecule has 1 heteroatoms. The molecule has 0 heterocycles. The van der Waals surface area contributed by atoms with Crippen molar-refractivity contribution in [1.82, 2.24) is 0 Å². The molecule has 0 atom stereocenters. The molecule has 0 aliphatic carbocycles. The Balaban J connectivity index is 3.71. The van der Waals surface area contributed by atoms with Crippen molar-refractivity contribution in [2.24, 2.45) is 0 Å². The van der Waals surface area contributed by atoms with E-state index < -0.39 is 0 Å². The lowest BCUT2D eigenvalue weighted by atomic mass is 10.6. The second-order valence-electron chi connectivity index (χ2n) is 2.96. The molecule has 0 amide bonds. The molecule has 0 bridgehead atoms. The molecule has 0 fully saturated rings. The van der Waals surface area contributed by atoms with E-state index in [2.05, 4.69) is 33.3 Å². The van der Waals surface area contributed by atoms with Crippen molar-refractivity contribution in [2.45, 2.75) is 26.0 Å². The summed E-state index contributed by atoms with van der Waals surface area (Å²) in [6, 6.07) is 0. The molecule has 0 aromatic rings. The van der Waals surface area contributed by atoms with E-state index in [-0.39, 0.29) is 10.0 Å². The largest absolute Gasteiger partial charge is 0.245 e. The van der Waals surface area contributed by atoms with E-state index in [1.807, 2.05) is 0 Å². The van der Waals surface area contributed by atoms with Gasteiger partial charge in [0.05, 0.1) is 0 Å². The third-order valence-corrected chi connectivity index (χ3v) is 6.06. The maximum Gasteiger partial charge on any atom is -0.0174 e. The zero-order valence-electron chi connectivity index (χ0n) is 6.69. The van der Waals surface area contributed by atoms with Gasteiger partial charge in [-0.25, -0.2) is 10.0 Å². The second-order valence-corrected chi connectivity index (χ2v) is 7.73. The Labute approximate surface area is 55.0 Å². The minimum Gasteiger partial charge on any atom is -0.245 e. The van der Waals surface area contributed by atoms with Crippen molar-refractivity contribution in [3.63, 3.8) is 0 Å². The third-order valence-electron chi connectivity index (χ3n) is 2.02.